The largest absolute Gasteiger partial charge is 0.298 e. The molecule has 3 nitrogen and oxygen atoms in total. The molecular weight excluding hydrogens is 210 g/mol. The molecule has 1 fully saturated rings. The molecule has 1 aliphatic rings. The highest BCUT2D eigenvalue weighted by atomic mass is 35.5. The van der Waals surface area contributed by atoms with Crippen LogP contribution in [0, 0.1) is 5.92 Å². The maximum Gasteiger partial charge on any atom is 0.225 e. The average molecular weight is 228 g/mol. The zero-order valence-electron chi connectivity index (χ0n) is 9.57. The van der Waals surface area contributed by atoms with Crippen LogP contribution in [0.3, 0.4) is 0 Å². The molecule has 2 unspecified atom stereocenters. The molecule has 4 heteroatoms. The summed E-state index contributed by atoms with van der Waals surface area (Å²) in [6.07, 6.45) is 3.63. The summed E-state index contributed by atoms with van der Waals surface area (Å²) < 4.78 is 2.12. The minimum Gasteiger partial charge on any atom is -0.298 e. The molecule has 2 rings (SSSR count). The van der Waals surface area contributed by atoms with Gasteiger partial charge in [0.2, 0.25) is 5.28 Å². The van der Waals surface area contributed by atoms with Crippen molar-refractivity contribution in [3.8, 4) is 0 Å². The molecule has 1 saturated carbocycles. The minimum absolute atomic E-state index is 0.396. The molecule has 84 valence electrons. The third-order valence-corrected chi connectivity index (χ3v) is 3.76. The van der Waals surface area contributed by atoms with Crippen LogP contribution in [0.25, 0.3) is 0 Å². The first-order chi connectivity index (χ1) is 7.15. The summed E-state index contributed by atoms with van der Waals surface area (Å²) in [6, 6.07) is 0.396. The first-order valence-electron chi connectivity index (χ1n) is 5.75. The van der Waals surface area contributed by atoms with Crippen molar-refractivity contribution in [1.29, 1.82) is 0 Å². The predicted molar refractivity (Wildman–Crippen MR) is 61.2 cm³/mol. The van der Waals surface area contributed by atoms with Gasteiger partial charge in [0, 0.05) is 12.0 Å². The van der Waals surface area contributed by atoms with E-state index in [1.807, 2.05) is 0 Å². The molecule has 1 aromatic rings. The lowest BCUT2D eigenvalue weighted by Gasteiger charge is -2.21. The highest BCUT2D eigenvalue weighted by Gasteiger charge is 2.32. The molecule has 0 bridgehead atoms. The van der Waals surface area contributed by atoms with Gasteiger partial charge in [-0.25, -0.2) is 0 Å². The Hall–Kier alpha value is -0.570. The van der Waals surface area contributed by atoms with Gasteiger partial charge in [0.1, 0.15) is 5.82 Å². The summed E-state index contributed by atoms with van der Waals surface area (Å²) >= 11 is 6.10. The van der Waals surface area contributed by atoms with Gasteiger partial charge in [0.25, 0.3) is 0 Å². The lowest BCUT2D eigenvalue weighted by atomic mass is 10.0. The summed E-state index contributed by atoms with van der Waals surface area (Å²) in [6.45, 7) is 6.66. The molecular formula is C11H18ClN3. The third kappa shape index (κ3) is 2.03. The van der Waals surface area contributed by atoms with Crippen molar-refractivity contribution < 1.29 is 0 Å². The molecule has 1 heterocycles. The highest BCUT2D eigenvalue weighted by Crippen LogP contribution is 2.41. The Bertz CT molecular complexity index is 344. The summed E-state index contributed by atoms with van der Waals surface area (Å²) in [5, 5.41) is 8.74. The van der Waals surface area contributed by atoms with Crippen LogP contribution in [0.2, 0.25) is 5.28 Å². The molecule has 0 amide bonds. The summed E-state index contributed by atoms with van der Waals surface area (Å²) in [4.78, 5) is 0. The molecule has 0 aliphatic heterocycles. The van der Waals surface area contributed by atoms with Crippen molar-refractivity contribution in [2.45, 2.75) is 52.0 Å². The number of nitrogens with zero attached hydrogens (tertiary/aromatic N) is 3. The Morgan fingerprint density at radius 3 is 2.60 bits per heavy atom. The first kappa shape index (κ1) is 10.9. The van der Waals surface area contributed by atoms with Gasteiger partial charge in [-0.1, -0.05) is 20.3 Å². The Morgan fingerprint density at radius 2 is 2.07 bits per heavy atom. The number of hydrogen-bond donors (Lipinski definition) is 0. The third-order valence-electron chi connectivity index (χ3n) is 3.50. The highest BCUT2D eigenvalue weighted by molar-refractivity contribution is 6.28. The summed E-state index contributed by atoms with van der Waals surface area (Å²) in [5.74, 6) is 2.31. The molecule has 1 aromatic heterocycles. The predicted octanol–water partition coefficient (Wildman–Crippen LogP) is 3.42. The van der Waals surface area contributed by atoms with Gasteiger partial charge in [0.05, 0.1) is 0 Å². The van der Waals surface area contributed by atoms with Crippen LogP contribution in [0.4, 0.5) is 0 Å². The normalized spacial score (nSPS) is 20.3. The molecule has 0 N–H and O–H groups in total. The fourth-order valence-electron chi connectivity index (χ4n) is 1.88. The molecule has 0 aromatic carbocycles. The molecule has 1 aliphatic carbocycles. The first-order valence-corrected chi connectivity index (χ1v) is 6.13. The van der Waals surface area contributed by atoms with E-state index in [-0.39, 0.29) is 0 Å². The summed E-state index contributed by atoms with van der Waals surface area (Å²) in [7, 11) is 0. The Kier molecular flexibility index (Phi) is 3.01. The van der Waals surface area contributed by atoms with Crippen LogP contribution >= 0.6 is 11.6 Å². The lowest BCUT2D eigenvalue weighted by molar-refractivity contribution is 0.361. The van der Waals surface area contributed by atoms with E-state index in [0.29, 0.717) is 23.2 Å². The van der Waals surface area contributed by atoms with E-state index in [2.05, 4.69) is 35.5 Å². The molecule has 2 atom stereocenters. The molecule has 0 radical (unpaired) electrons. The van der Waals surface area contributed by atoms with Gasteiger partial charge in [-0.15, -0.1) is 10.2 Å². The van der Waals surface area contributed by atoms with Crippen molar-refractivity contribution in [3.05, 3.63) is 11.1 Å². The van der Waals surface area contributed by atoms with E-state index in [1.54, 1.807) is 0 Å². The molecule has 15 heavy (non-hydrogen) atoms. The Labute approximate surface area is 95.8 Å². The van der Waals surface area contributed by atoms with Crippen molar-refractivity contribution in [2.24, 2.45) is 5.92 Å². The van der Waals surface area contributed by atoms with Crippen molar-refractivity contribution in [3.63, 3.8) is 0 Å². The van der Waals surface area contributed by atoms with Gasteiger partial charge >= 0.3 is 0 Å². The van der Waals surface area contributed by atoms with Gasteiger partial charge < -0.3 is 0 Å². The maximum absolute atomic E-state index is 6.10. The number of halogens is 1. The Morgan fingerprint density at radius 1 is 1.40 bits per heavy atom. The van der Waals surface area contributed by atoms with Crippen LogP contribution in [-0.2, 0) is 0 Å². The van der Waals surface area contributed by atoms with E-state index in [9.17, 15) is 0 Å². The molecule has 0 spiro atoms. The van der Waals surface area contributed by atoms with E-state index >= 15 is 0 Å². The zero-order chi connectivity index (χ0) is 11.0. The van der Waals surface area contributed by atoms with Crippen LogP contribution < -0.4 is 0 Å². The standard InChI is InChI=1S/C11H18ClN3/c1-4-7(2)8(3)15-10(9-5-6-9)13-14-11(15)12/h7-9H,4-6H2,1-3H3. The summed E-state index contributed by atoms with van der Waals surface area (Å²) in [5.41, 5.74) is 0. The van der Waals surface area contributed by atoms with E-state index in [0.717, 1.165) is 12.2 Å². The Balaban J connectivity index is 2.28. The number of aromatic nitrogens is 3. The average Bonchev–Trinajstić information content (AvgIpc) is 3.00. The zero-order valence-corrected chi connectivity index (χ0v) is 10.3. The van der Waals surface area contributed by atoms with Gasteiger partial charge in [-0.3, -0.25) is 4.57 Å². The van der Waals surface area contributed by atoms with Crippen LogP contribution in [0.1, 0.15) is 57.8 Å². The van der Waals surface area contributed by atoms with Crippen LogP contribution in [-0.4, -0.2) is 14.8 Å². The number of hydrogen-bond acceptors (Lipinski definition) is 2. The smallest absolute Gasteiger partial charge is 0.225 e. The van der Waals surface area contributed by atoms with Gasteiger partial charge in [-0.2, -0.15) is 0 Å². The van der Waals surface area contributed by atoms with Gasteiger partial charge in [-0.05, 0) is 37.3 Å². The van der Waals surface area contributed by atoms with Crippen molar-refractivity contribution in [2.75, 3.05) is 0 Å². The van der Waals surface area contributed by atoms with E-state index in [4.69, 9.17) is 11.6 Å². The monoisotopic (exact) mass is 227 g/mol. The fraction of sp³-hybridized carbons (Fsp3) is 0.818. The van der Waals surface area contributed by atoms with Crippen LogP contribution in [0.5, 0.6) is 0 Å². The topological polar surface area (TPSA) is 30.7 Å². The molecule has 0 saturated heterocycles. The minimum atomic E-state index is 0.396. The SMILES string of the molecule is CCC(C)C(C)n1c(Cl)nnc1C1CC1. The second-order valence-corrected chi connectivity index (χ2v) is 4.94. The maximum atomic E-state index is 6.10. The lowest BCUT2D eigenvalue weighted by Crippen LogP contribution is -2.16. The van der Waals surface area contributed by atoms with E-state index in [1.165, 1.54) is 12.8 Å². The van der Waals surface area contributed by atoms with Crippen molar-refractivity contribution >= 4 is 11.6 Å². The second-order valence-electron chi connectivity index (χ2n) is 4.60. The van der Waals surface area contributed by atoms with Crippen LogP contribution in [0.15, 0.2) is 0 Å². The second kappa shape index (κ2) is 4.12. The van der Waals surface area contributed by atoms with Crippen molar-refractivity contribution in [1.82, 2.24) is 14.8 Å². The fourth-order valence-corrected chi connectivity index (χ4v) is 2.15. The van der Waals surface area contributed by atoms with Gasteiger partial charge in [0.15, 0.2) is 0 Å². The van der Waals surface area contributed by atoms with E-state index < -0.39 is 0 Å². The number of rotatable bonds is 4. The quantitative estimate of drug-likeness (QED) is 0.789.